The molecular weight excluding hydrogens is 689 g/mol. The zero-order chi connectivity index (χ0) is 36.4. The van der Waals surface area contributed by atoms with Crippen LogP contribution in [0.2, 0.25) is 0 Å². The normalized spacial score (nSPS) is 12.8. The molecule has 3 rings (SSSR count). The molecule has 0 aromatic carbocycles. The fraction of sp³-hybridized carbons (Fsp3) is 0.500. The van der Waals surface area contributed by atoms with Crippen LogP contribution < -0.4 is 38.9 Å². The number of ketones is 1. The second-order valence-electron chi connectivity index (χ2n) is 11.3. The second kappa shape index (κ2) is 17.8. The van der Waals surface area contributed by atoms with Crippen molar-refractivity contribution in [1.82, 2.24) is 30.9 Å². The number of aromatic nitrogens is 3. The summed E-state index contributed by atoms with van der Waals surface area (Å²) in [5, 5.41) is 10.8. The average molecular weight is 733 g/mol. The van der Waals surface area contributed by atoms with Crippen molar-refractivity contribution in [2.75, 3.05) is 13.1 Å². The molecule has 0 bridgehead atoms. The van der Waals surface area contributed by atoms with E-state index in [9.17, 15) is 19.2 Å². The summed E-state index contributed by atoms with van der Waals surface area (Å²) >= 11 is 3.67. The van der Waals surface area contributed by atoms with E-state index < -0.39 is 29.9 Å². The number of rotatable bonds is 17. The molecule has 49 heavy (non-hydrogen) atoms. The van der Waals surface area contributed by atoms with E-state index in [1.54, 1.807) is 27.7 Å². The second-order valence-corrected chi connectivity index (χ2v) is 14.8. The van der Waals surface area contributed by atoms with Crippen LogP contribution in [-0.4, -0.2) is 63.5 Å². The number of amides is 3. The molecule has 3 aromatic heterocycles. The molecule has 3 atom stereocenters. The van der Waals surface area contributed by atoms with Crippen molar-refractivity contribution in [2.24, 2.45) is 32.9 Å². The lowest BCUT2D eigenvalue weighted by atomic mass is 10.1. The number of nitrogens with zero attached hydrogens (tertiary/aromatic N) is 5. The molecule has 3 aromatic rings. The van der Waals surface area contributed by atoms with Crippen LogP contribution in [0.1, 0.15) is 126 Å². The molecular formula is C30H44N12O4S3. The van der Waals surface area contributed by atoms with E-state index in [1.165, 1.54) is 47.9 Å². The van der Waals surface area contributed by atoms with E-state index >= 15 is 0 Å². The molecule has 0 fully saturated rings. The van der Waals surface area contributed by atoms with Gasteiger partial charge in [0, 0.05) is 33.4 Å². The van der Waals surface area contributed by atoms with Crippen molar-refractivity contribution in [3.63, 3.8) is 0 Å². The molecule has 0 saturated carbocycles. The number of hydrogen-bond donors (Lipinski definition) is 7. The number of guanidine groups is 2. The van der Waals surface area contributed by atoms with Crippen molar-refractivity contribution in [2.45, 2.75) is 85.4 Å². The number of aliphatic imine (C=N–C) groups is 2. The highest BCUT2D eigenvalue weighted by Crippen LogP contribution is 2.31. The zero-order valence-electron chi connectivity index (χ0n) is 28.4. The number of nitrogens with one attached hydrogen (secondary N) is 3. The highest BCUT2D eigenvalue weighted by molar-refractivity contribution is 7.14. The van der Waals surface area contributed by atoms with Crippen LogP contribution in [-0.2, 0) is 11.2 Å². The minimum Gasteiger partial charge on any atom is -0.370 e. The van der Waals surface area contributed by atoms with Crippen molar-refractivity contribution in [3.05, 3.63) is 46.7 Å². The van der Waals surface area contributed by atoms with Gasteiger partial charge in [-0.2, -0.15) is 0 Å². The SMILES string of the molecule is CC(=O)N[C@@H](C)c1nc(C)sc1C(=O)N[C@@H](CCCN=C(N)N)c1nc(C)sc1C(=O)N[C@@H](C)c1nc(CCCN=C(N)N)sc1C(C)=O. The van der Waals surface area contributed by atoms with Crippen LogP contribution in [0.3, 0.4) is 0 Å². The van der Waals surface area contributed by atoms with Crippen LogP contribution >= 0.6 is 34.0 Å². The standard InChI is InChI=1S/C30H44N12O4S3/c1-13(37-16(4)44)22-25(47-17(5)39-22)28(46)41-19(9-7-11-35-29(31)32)23-26(48-18(6)40-23)27(45)38-14(2)21-24(15(3)43)49-20(42-21)10-8-12-36-30(33)34/h13-14,19H,7-12H2,1-6H3,(H,37,44)(H,38,45)(H,41,46)(H4,31,32,35)(H4,33,34,36)/t13-,14-,19-/m0/s1. The Morgan fingerprint density at radius 2 is 1.20 bits per heavy atom. The molecule has 0 radical (unpaired) electrons. The molecule has 0 saturated heterocycles. The molecule has 19 heteroatoms. The first-order valence-corrected chi connectivity index (χ1v) is 18.0. The lowest BCUT2D eigenvalue weighted by Crippen LogP contribution is -2.33. The van der Waals surface area contributed by atoms with E-state index in [2.05, 4.69) is 40.9 Å². The van der Waals surface area contributed by atoms with Gasteiger partial charge in [0.05, 0.1) is 55.1 Å². The van der Waals surface area contributed by atoms with Crippen molar-refractivity contribution in [1.29, 1.82) is 0 Å². The van der Waals surface area contributed by atoms with Gasteiger partial charge in [0.25, 0.3) is 11.8 Å². The number of hydrogen-bond acceptors (Lipinski definition) is 12. The Balaban J connectivity index is 1.90. The predicted octanol–water partition coefficient (Wildman–Crippen LogP) is 2.29. The highest BCUT2D eigenvalue weighted by Gasteiger charge is 2.30. The maximum Gasteiger partial charge on any atom is 0.263 e. The van der Waals surface area contributed by atoms with E-state index in [-0.39, 0.29) is 23.6 Å². The average Bonchev–Trinajstić information content (AvgIpc) is 3.73. The Labute approximate surface area is 296 Å². The molecule has 0 aliphatic carbocycles. The van der Waals surface area contributed by atoms with Gasteiger partial charge in [-0.1, -0.05) is 0 Å². The number of aryl methyl sites for hydroxylation is 3. The molecule has 11 N–H and O–H groups in total. The summed E-state index contributed by atoms with van der Waals surface area (Å²) in [7, 11) is 0. The maximum absolute atomic E-state index is 13.9. The van der Waals surface area contributed by atoms with Crippen LogP contribution in [0.25, 0.3) is 0 Å². The minimum atomic E-state index is -0.696. The minimum absolute atomic E-state index is 0.00812. The van der Waals surface area contributed by atoms with Crippen molar-refractivity contribution < 1.29 is 19.2 Å². The molecule has 3 amide bonds. The van der Waals surface area contributed by atoms with Gasteiger partial charge in [-0.15, -0.1) is 34.0 Å². The highest BCUT2D eigenvalue weighted by atomic mass is 32.1. The fourth-order valence-corrected chi connectivity index (χ4v) is 7.82. The summed E-state index contributed by atoms with van der Waals surface area (Å²) in [4.78, 5) is 74.9. The quantitative estimate of drug-likeness (QED) is 0.0458. The molecule has 0 aliphatic heterocycles. The van der Waals surface area contributed by atoms with E-state index in [0.29, 0.717) is 80.5 Å². The molecule has 3 heterocycles. The van der Waals surface area contributed by atoms with E-state index in [1.807, 2.05) is 0 Å². The molecule has 16 nitrogen and oxygen atoms in total. The Morgan fingerprint density at radius 3 is 1.78 bits per heavy atom. The van der Waals surface area contributed by atoms with Crippen LogP contribution in [0, 0.1) is 13.8 Å². The van der Waals surface area contributed by atoms with E-state index in [4.69, 9.17) is 22.9 Å². The number of thiazole rings is 3. The first-order valence-electron chi connectivity index (χ1n) is 15.5. The fourth-order valence-electron chi connectivity index (χ4n) is 4.92. The predicted molar refractivity (Wildman–Crippen MR) is 193 cm³/mol. The first-order chi connectivity index (χ1) is 23.1. The summed E-state index contributed by atoms with van der Waals surface area (Å²) in [5.74, 6) is -1.31. The molecule has 0 spiro atoms. The molecule has 0 unspecified atom stereocenters. The Hall–Kier alpha value is -4.49. The summed E-state index contributed by atoms with van der Waals surface area (Å²) in [6, 6.07) is -1.81. The van der Waals surface area contributed by atoms with Gasteiger partial charge in [0.15, 0.2) is 17.7 Å². The molecule has 266 valence electrons. The van der Waals surface area contributed by atoms with Gasteiger partial charge in [0.1, 0.15) is 9.75 Å². The Morgan fingerprint density at radius 1 is 0.694 bits per heavy atom. The van der Waals surface area contributed by atoms with Gasteiger partial charge in [-0.05, 0) is 47.0 Å². The largest absolute Gasteiger partial charge is 0.370 e. The summed E-state index contributed by atoms with van der Waals surface area (Å²) in [6.07, 6.45) is 2.03. The third kappa shape index (κ3) is 11.3. The number of carbonyl (C=O) groups is 4. The molecule has 0 aliphatic rings. The van der Waals surface area contributed by atoms with Crippen LogP contribution in [0.15, 0.2) is 9.98 Å². The lowest BCUT2D eigenvalue weighted by molar-refractivity contribution is -0.119. The van der Waals surface area contributed by atoms with Crippen LogP contribution in [0.5, 0.6) is 0 Å². The van der Waals surface area contributed by atoms with Crippen molar-refractivity contribution >= 4 is 69.4 Å². The third-order valence-electron chi connectivity index (χ3n) is 6.96. The Bertz CT molecular complexity index is 1720. The zero-order valence-corrected chi connectivity index (χ0v) is 30.8. The van der Waals surface area contributed by atoms with Gasteiger partial charge >= 0.3 is 0 Å². The third-order valence-corrected chi connectivity index (χ3v) is 10.2. The van der Waals surface area contributed by atoms with E-state index in [0.717, 1.165) is 5.01 Å². The monoisotopic (exact) mass is 732 g/mol. The van der Waals surface area contributed by atoms with Crippen LogP contribution in [0.4, 0.5) is 0 Å². The van der Waals surface area contributed by atoms with Crippen molar-refractivity contribution in [3.8, 4) is 0 Å². The summed E-state index contributed by atoms with van der Waals surface area (Å²) in [5.41, 5.74) is 23.1. The maximum atomic E-state index is 13.9. The summed E-state index contributed by atoms with van der Waals surface area (Å²) in [6.45, 7) is 10.6. The number of nitrogens with two attached hydrogens (primary N) is 4. The number of carbonyl (C=O) groups excluding carboxylic acids is 4. The summed E-state index contributed by atoms with van der Waals surface area (Å²) < 4.78 is 0. The van der Waals surface area contributed by atoms with Gasteiger partial charge in [-0.25, -0.2) is 15.0 Å². The van der Waals surface area contributed by atoms with Gasteiger partial charge in [-0.3, -0.25) is 29.2 Å². The first kappa shape index (κ1) is 39.0. The Kier molecular flexibility index (Phi) is 14.1. The van der Waals surface area contributed by atoms with Gasteiger partial charge < -0.3 is 38.9 Å². The topological polar surface area (TPSA) is 272 Å². The smallest absolute Gasteiger partial charge is 0.263 e. The van der Waals surface area contributed by atoms with Gasteiger partial charge in [0.2, 0.25) is 5.91 Å². The lowest BCUT2D eigenvalue weighted by Gasteiger charge is -2.20. The number of Topliss-reactive ketones (excluding diaryl/α,β-unsaturated/α-hetero) is 1.